The summed E-state index contributed by atoms with van der Waals surface area (Å²) in [4.78, 5) is 26.1. The molecule has 3 aromatic rings. The van der Waals surface area contributed by atoms with Crippen LogP contribution in [0.3, 0.4) is 0 Å². The molecule has 6 nitrogen and oxygen atoms in total. The Balaban J connectivity index is 1.61. The van der Waals surface area contributed by atoms with Gasteiger partial charge in [-0.3, -0.25) is 14.3 Å². The van der Waals surface area contributed by atoms with Crippen LogP contribution < -0.4 is 5.73 Å². The lowest BCUT2D eigenvalue weighted by molar-refractivity contribution is -0.130. The van der Waals surface area contributed by atoms with E-state index in [1.54, 1.807) is 11.0 Å². The van der Waals surface area contributed by atoms with Crippen LogP contribution in [0.2, 0.25) is 0 Å². The maximum absolute atomic E-state index is 12.8. The minimum Gasteiger partial charge on any atom is -0.369 e. The van der Waals surface area contributed by atoms with Crippen molar-refractivity contribution in [1.82, 2.24) is 14.7 Å². The first-order valence-corrected chi connectivity index (χ1v) is 11.4. The van der Waals surface area contributed by atoms with Crippen LogP contribution in [0.1, 0.15) is 35.1 Å². The van der Waals surface area contributed by atoms with Crippen molar-refractivity contribution >= 4 is 17.9 Å². The van der Waals surface area contributed by atoms with Crippen LogP contribution in [-0.2, 0) is 16.1 Å². The number of likely N-dealkylation sites (tertiary alicyclic amines) is 1. The number of nitrogens with two attached hydrogens (primary N) is 1. The molecule has 1 aromatic heterocycles. The van der Waals surface area contributed by atoms with E-state index in [9.17, 15) is 9.59 Å². The second kappa shape index (κ2) is 9.86. The standard InChI is InChI=1S/C27H30N4O2/c1-19-10-11-22(15-20(19)2)26-23(18-31(29-26)16-21-7-4-3-5-8-21)12-13-25(32)30-14-6-9-24(17-30)27(28)33/h3-5,7-8,10-13,15,18,24H,6,9,14,16-17H2,1-2H3,(H2,28,33)/b13-12+. The number of piperidine rings is 1. The molecule has 1 saturated heterocycles. The average molecular weight is 443 g/mol. The van der Waals surface area contributed by atoms with E-state index in [4.69, 9.17) is 10.8 Å². The number of hydrogen-bond donors (Lipinski definition) is 1. The van der Waals surface area contributed by atoms with Gasteiger partial charge in [0.05, 0.1) is 18.2 Å². The lowest BCUT2D eigenvalue weighted by Gasteiger charge is -2.30. The van der Waals surface area contributed by atoms with Gasteiger partial charge in [0.25, 0.3) is 0 Å². The topological polar surface area (TPSA) is 81.2 Å². The summed E-state index contributed by atoms with van der Waals surface area (Å²) < 4.78 is 1.91. The monoisotopic (exact) mass is 442 g/mol. The van der Waals surface area contributed by atoms with Gasteiger partial charge in [-0.25, -0.2) is 0 Å². The molecule has 1 atom stereocenters. The number of carbonyl (C=O) groups is 2. The van der Waals surface area contributed by atoms with E-state index < -0.39 is 0 Å². The summed E-state index contributed by atoms with van der Waals surface area (Å²) in [5.41, 5.74) is 11.8. The highest BCUT2D eigenvalue weighted by molar-refractivity contribution is 5.93. The minimum absolute atomic E-state index is 0.109. The SMILES string of the molecule is Cc1ccc(-c2nn(Cc3ccccc3)cc2/C=C/C(=O)N2CCCC(C(N)=O)C2)cc1C. The van der Waals surface area contributed by atoms with Crippen molar-refractivity contribution in [3.63, 3.8) is 0 Å². The van der Waals surface area contributed by atoms with Gasteiger partial charge < -0.3 is 10.6 Å². The number of rotatable bonds is 6. The average Bonchev–Trinajstić information content (AvgIpc) is 3.22. The van der Waals surface area contributed by atoms with Gasteiger partial charge in [0, 0.05) is 36.5 Å². The molecule has 1 fully saturated rings. The van der Waals surface area contributed by atoms with E-state index in [-0.39, 0.29) is 17.7 Å². The minimum atomic E-state index is -0.337. The number of carbonyl (C=O) groups excluding carboxylic acids is 2. The van der Waals surface area contributed by atoms with Crippen LogP contribution in [0.15, 0.2) is 60.8 Å². The molecule has 4 rings (SSSR count). The Morgan fingerprint density at radius 2 is 1.91 bits per heavy atom. The molecule has 1 aliphatic heterocycles. The molecule has 0 saturated carbocycles. The van der Waals surface area contributed by atoms with E-state index in [0.717, 1.165) is 35.2 Å². The lowest BCUT2D eigenvalue weighted by atomic mass is 9.97. The number of hydrogen-bond acceptors (Lipinski definition) is 3. The Morgan fingerprint density at radius 3 is 2.64 bits per heavy atom. The van der Waals surface area contributed by atoms with E-state index in [2.05, 4.69) is 44.2 Å². The fourth-order valence-electron chi connectivity index (χ4n) is 4.20. The molecule has 2 heterocycles. The maximum Gasteiger partial charge on any atom is 0.246 e. The molecule has 33 heavy (non-hydrogen) atoms. The molecule has 2 amide bonds. The summed E-state index contributed by atoms with van der Waals surface area (Å²) in [7, 11) is 0. The van der Waals surface area contributed by atoms with Crippen LogP contribution in [0.4, 0.5) is 0 Å². The van der Waals surface area contributed by atoms with Crippen LogP contribution in [0, 0.1) is 19.8 Å². The first-order valence-electron chi connectivity index (χ1n) is 11.4. The molecule has 0 radical (unpaired) electrons. The van der Waals surface area contributed by atoms with E-state index in [1.807, 2.05) is 35.2 Å². The zero-order valence-corrected chi connectivity index (χ0v) is 19.2. The molecule has 170 valence electrons. The zero-order chi connectivity index (χ0) is 23.4. The van der Waals surface area contributed by atoms with Gasteiger partial charge in [-0.1, -0.05) is 42.5 Å². The van der Waals surface area contributed by atoms with Crippen molar-refractivity contribution < 1.29 is 9.59 Å². The first kappa shape index (κ1) is 22.5. The molecular weight excluding hydrogens is 412 g/mol. The first-order chi connectivity index (χ1) is 15.9. The van der Waals surface area contributed by atoms with Crippen molar-refractivity contribution in [2.24, 2.45) is 11.7 Å². The maximum atomic E-state index is 12.8. The molecule has 0 spiro atoms. The molecule has 0 aliphatic carbocycles. The van der Waals surface area contributed by atoms with Crippen molar-refractivity contribution in [3.05, 3.63) is 83.1 Å². The lowest BCUT2D eigenvalue weighted by Crippen LogP contribution is -2.43. The van der Waals surface area contributed by atoms with Gasteiger partial charge in [0.2, 0.25) is 11.8 Å². The summed E-state index contributed by atoms with van der Waals surface area (Å²) in [6.45, 7) is 5.85. The quantitative estimate of drug-likeness (QED) is 0.587. The Bertz CT molecular complexity index is 1180. The summed E-state index contributed by atoms with van der Waals surface area (Å²) in [6, 6.07) is 16.5. The predicted octanol–water partition coefficient (Wildman–Crippen LogP) is 3.95. The molecular formula is C27H30N4O2. The van der Waals surface area contributed by atoms with Crippen LogP contribution >= 0.6 is 0 Å². The molecule has 2 N–H and O–H groups in total. The normalized spacial score (nSPS) is 16.3. The Labute approximate surface area is 194 Å². The summed E-state index contributed by atoms with van der Waals surface area (Å²) in [5, 5.41) is 4.85. The van der Waals surface area contributed by atoms with Crippen LogP contribution in [-0.4, -0.2) is 39.6 Å². The third kappa shape index (κ3) is 5.40. The molecule has 0 bridgehead atoms. The van der Waals surface area contributed by atoms with Crippen molar-refractivity contribution in [1.29, 1.82) is 0 Å². The van der Waals surface area contributed by atoms with Crippen LogP contribution in [0.5, 0.6) is 0 Å². The van der Waals surface area contributed by atoms with Crippen molar-refractivity contribution in [3.8, 4) is 11.3 Å². The Kier molecular flexibility index (Phi) is 6.73. The van der Waals surface area contributed by atoms with Gasteiger partial charge in [-0.15, -0.1) is 0 Å². The fraction of sp³-hybridized carbons (Fsp3) is 0.296. The summed E-state index contributed by atoms with van der Waals surface area (Å²) in [6.07, 6.45) is 6.92. The number of aryl methyl sites for hydroxylation is 2. The van der Waals surface area contributed by atoms with E-state index >= 15 is 0 Å². The zero-order valence-electron chi connectivity index (χ0n) is 19.2. The predicted molar refractivity (Wildman–Crippen MR) is 130 cm³/mol. The smallest absolute Gasteiger partial charge is 0.246 e. The number of benzene rings is 2. The summed E-state index contributed by atoms with van der Waals surface area (Å²) in [5.74, 6) is -0.714. The van der Waals surface area contributed by atoms with Crippen molar-refractivity contribution in [2.45, 2.75) is 33.2 Å². The third-order valence-corrected chi connectivity index (χ3v) is 6.30. The highest BCUT2D eigenvalue weighted by Crippen LogP contribution is 2.26. The molecule has 2 aromatic carbocycles. The molecule has 1 aliphatic rings. The largest absolute Gasteiger partial charge is 0.369 e. The van der Waals surface area contributed by atoms with Gasteiger partial charge in [-0.2, -0.15) is 5.10 Å². The Morgan fingerprint density at radius 1 is 1.12 bits per heavy atom. The highest BCUT2D eigenvalue weighted by Gasteiger charge is 2.26. The molecule has 6 heteroatoms. The third-order valence-electron chi connectivity index (χ3n) is 6.30. The molecule has 1 unspecified atom stereocenters. The van der Waals surface area contributed by atoms with Crippen LogP contribution in [0.25, 0.3) is 17.3 Å². The Hall–Kier alpha value is -3.67. The van der Waals surface area contributed by atoms with Gasteiger partial charge >= 0.3 is 0 Å². The summed E-state index contributed by atoms with van der Waals surface area (Å²) >= 11 is 0. The second-order valence-electron chi connectivity index (χ2n) is 8.77. The number of nitrogens with zero attached hydrogens (tertiary/aromatic N) is 3. The van der Waals surface area contributed by atoms with Gasteiger partial charge in [0.15, 0.2) is 0 Å². The number of primary amides is 1. The van der Waals surface area contributed by atoms with Crippen molar-refractivity contribution in [2.75, 3.05) is 13.1 Å². The van der Waals surface area contributed by atoms with Gasteiger partial charge in [0.1, 0.15) is 0 Å². The second-order valence-corrected chi connectivity index (χ2v) is 8.77. The number of amides is 2. The highest BCUT2D eigenvalue weighted by atomic mass is 16.2. The van der Waals surface area contributed by atoms with E-state index in [0.29, 0.717) is 19.6 Å². The number of aromatic nitrogens is 2. The van der Waals surface area contributed by atoms with Gasteiger partial charge in [-0.05, 0) is 55.5 Å². The fourth-order valence-corrected chi connectivity index (χ4v) is 4.20. The van der Waals surface area contributed by atoms with E-state index in [1.165, 1.54) is 11.1 Å².